The molecule has 1 aromatic heterocycles. The molecule has 1 heterocycles. The van der Waals surface area contributed by atoms with Crippen molar-refractivity contribution in [1.82, 2.24) is 4.98 Å². The Bertz CT molecular complexity index is 534. The number of anilines is 1. The summed E-state index contributed by atoms with van der Waals surface area (Å²) in [5.41, 5.74) is 0.484. The SMILES string of the molecule is CCOCCOc1ccc(NC(=O)[C@@](C)(CC(C)C)OC)c(C)n1. The topological polar surface area (TPSA) is 69.7 Å². The molecule has 0 aliphatic heterocycles. The van der Waals surface area contributed by atoms with E-state index in [1.807, 2.05) is 13.8 Å². The molecule has 136 valence electrons. The summed E-state index contributed by atoms with van der Waals surface area (Å²) in [5, 5.41) is 2.90. The lowest BCUT2D eigenvalue weighted by Crippen LogP contribution is -2.43. The zero-order valence-electron chi connectivity index (χ0n) is 15.6. The average Bonchev–Trinajstić information content (AvgIpc) is 2.53. The third-order valence-corrected chi connectivity index (χ3v) is 3.72. The highest BCUT2D eigenvalue weighted by atomic mass is 16.5. The highest BCUT2D eigenvalue weighted by molar-refractivity contribution is 5.97. The molecule has 0 fully saturated rings. The fourth-order valence-corrected chi connectivity index (χ4v) is 2.40. The largest absolute Gasteiger partial charge is 0.475 e. The second-order valence-electron chi connectivity index (χ2n) is 6.31. The van der Waals surface area contributed by atoms with Crippen LogP contribution >= 0.6 is 0 Å². The molecule has 0 bridgehead atoms. The van der Waals surface area contributed by atoms with Crippen LogP contribution in [0.2, 0.25) is 0 Å². The Morgan fingerprint density at radius 1 is 1.33 bits per heavy atom. The Labute approximate surface area is 144 Å². The predicted octanol–water partition coefficient (Wildman–Crippen LogP) is 3.20. The number of aryl methyl sites for hydroxylation is 1. The van der Waals surface area contributed by atoms with Gasteiger partial charge in [0, 0.05) is 19.8 Å². The molecular weight excluding hydrogens is 308 g/mol. The second kappa shape index (κ2) is 9.59. The first-order valence-corrected chi connectivity index (χ1v) is 8.37. The first-order chi connectivity index (χ1) is 11.3. The molecule has 1 atom stereocenters. The van der Waals surface area contributed by atoms with Crippen molar-refractivity contribution in [3.05, 3.63) is 17.8 Å². The summed E-state index contributed by atoms with van der Waals surface area (Å²) in [5.74, 6) is 0.691. The molecule has 0 radical (unpaired) electrons. The van der Waals surface area contributed by atoms with Gasteiger partial charge in [0.05, 0.1) is 18.0 Å². The molecule has 0 aliphatic carbocycles. The molecule has 1 N–H and O–H groups in total. The molecule has 0 aromatic carbocycles. The summed E-state index contributed by atoms with van der Waals surface area (Å²) in [4.78, 5) is 16.9. The van der Waals surface area contributed by atoms with E-state index in [1.54, 1.807) is 26.2 Å². The van der Waals surface area contributed by atoms with Crippen molar-refractivity contribution in [2.45, 2.75) is 46.6 Å². The van der Waals surface area contributed by atoms with Crippen LogP contribution in [0.4, 0.5) is 5.69 Å². The van der Waals surface area contributed by atoms with Gasteiger partial charge in [0.25, 0.3) is 5.91 Å². The number of hydrogen-bond acceptors (Lipinski definition) is 5. The number of ether oxygens (including phenoxy) is 3. The van der Waals surface area contributed by atoms with Crippen molar-refractivity contribution in [2.24, 2.45) is 5.92 Å². The van der Waals surface area contributed by atoms with E-state index in [1.165, 1.54) is 0 Å². The quantitative estimate of drug-likeness (QED) is 0.664. The number of methoxy groups -OCH3 is 1. The summed E-state index contributed by atoms with van der Waals surface area (Å²) in [7, 11) is 1.56. The zero-order valence-corrected chi connectivity index (χ0v) is 15.6. The Morgan fingerprint density at radius 3 is 2.58 bits per heavy atom. The average molecular weight is 338 g/mol. The van der Waals surface area contributed by atoms with E-state index in [0.29, 0.717) is 49.4 Å². The van der Waals surface area contributed by atoms with E-state index < -0.39 is 5.60 Å². The Hall–Kier alpha value is -1.66. The Balaban J connectivity index is 2.72. The predicted molar refractivity (Wildman–Crippen MR) is 94.5 cm³/mol. The first kappa shape index (κ1) is 20.4. The maximum absolute atomic E-state index is 12.6. The van der Waals surface area contributed by atoms with Crippen LogP contribution in [-0.4, -0.2) is 43.4 Å². The molecule has 1 amide bonds. The van der Waals surface area contributed by atoms with Gasteiger partial charge in [0.2, 0.25) is 5.88 Å². The minimum absolute atomic E-state index is 0.173. The Morgan fingerprint density at radius 2 is 2.04 bits per heavy atom. The molecule has 24 heavy (non-hydrogen) atoms. The van der Waals surface area contributed by atoms with Gasteiger partial charge in [0.1, 0.15) is 12.2 Å². The number of aromatic nitrogens is 1. The van der Waals surface area contributed by atoms with Crippen LogP contribution in [0.15, 0.2) is 12.1 Å². The van der Waals surface area contributed by atoms with Crippen molar-refractivity contribution in [1.29, 1.82) is 0 Å². The van der Waals surface area contributed by atoms with Crippen LogP contribution in [0.25, 0.3) is 0 Å². The highest BCUT2D eigenvalue weighted by Crippen LogP contribution is 2.24. The molecule has 0 saturated heterocycles. The third kappa shape index (κ3) is 6.09. The minimum Gasteiger partial charge on any atom is -0.475 e. The van der Waals surface area contributed by atoms with Gasteiger partial charge in [-0.25, -0.2) is 4.98 Å². The minimum atomic E-state index is -0.868. The summed E-state index contributed by atoms with van der Waals surface area (Å²) >= 11 is 0. The van der Waals surface area contributed by atoms with Gasteiger partial charge in [-0.2, -0.15) is 0 Å². The second-order valence-corrected chi connectivity index (χ2v) is 6.31. The maximum atomic E-state index is 12.6. The summed E-state index contributed by atoms with van der Waals surface area (Å²) < 4.78 is 16.2. The van der Waals surface area contributed by atoms with Gasteiger partial charge in [0.15, 0.2) is 0 Å². The number of carbonyl (C=O) groups is 1. The summed E-state index contributed by atoms with van der Waals surface area (Å²) in [6.07, 6.45) is 0.639. The fourth-order valence-electron chi connectivity index (χ4n) is 2.40. The zero-order chi connectivity index (χ0) is 18.2. The van der Waals surface area contributed by atoms with Crippen molar-refractivity contribution in [3.8, 4) is 5.88 Å². The van der Waals surface area contributed by atoms with E-state index in [0.717, 1.165) is 0 Å². The lowest BCUT2D eigenvalue weighted by molar-refractivity contribution is -0.137. The van der Waals surface area contributed by atoms with E-state index >= 15 is 0 Å². The molecule has 0 spiro atoms. The summed E-state index contributed by atoms with van der Waals surface area (Å²) in [6, 6.07) is 3.53. The summed E-state index contributed by atoms with van der Waals surface area (Å²) in [6.45, 7) is 11.3. The highest BCUT2D eigenvalue weighted by Gasteiger charge is 2.34. The van der Waals surface area contributed by atoms with Crippen LogP contribution in [0.5, 0.6) is 5.88 Å². The van der Waals surface area contributed by atoms with Gasteiger partial charge >= 0.3 is 0 Å². The molecule has 0 aliphatic rings. The maximum Gasteiger partial charge on any atom is 0.256 e. The molecule has 1 aromatic rings. The number of carbonyl (C=O) groups excluding carboxylic acids is 1. The van der Waals surface area contributed by atoms with Gasteiger partial charge in [-0.15, -0.1) is 0 Å². The van der Waals surface area contributed by atoms with Crippen molar-refractivity contribution < 1.29 is 19.0 Å². The number of pyridine rings is 1. The lowest BCUT2D eigenvalue weighted by atomic mass is 9.93. The van der Waals surface area contributed by atoms with Crippen molar-refractivity contribution in [2.75, 3.05) is 32.2 Å². The molecule has 0 saturated carbocycles. The standard InChI is InChI=1S/C18H30N2O4/c1-7-23-10-11-24-16-9-8-15(14(4)19-16)20-17(21)18(5,22-6)12-13(2)3/h8-9,13H,7,10-12H2,1-6H3,(H,20,21)/t18-/m1/s1. The van der Waals surface area contributed by atoms with Gasteiger partial charge < -0.3 is 19.5 Å². The van der Waals surface area contributed by atoms with Crippen LogP contribution in [0.1, 0.15) is 39.8 Å². The number of nitrogens with one attached hydrogen (secondary N) is 1. The Kier molecular flexibility index (Phi) is 8.15. The van der Waals surface area contributed by atoms with E-state index in [9.17, 15) is 4.79 Å². The van der Waals surface area contributed by atoms with Gasteiger partial charge in [-0.05, 0) is 39.2 Å². The monoisotopic (exact) mass is 338 g/mol. The number of amides is 1. The lowest BCUT2D eigenvalue weighted by Gasteiger charge is -2.28. The van der Waals surface area contributed by atoms with E-state index in [4.69, 9.17) is 14.2 Å². The molecule has 1 rings (SSSR count). The van der Waals surface area contributed by atoms with Crippen molar-refractivity contribution in [3.63, 3.8) is 0 Å². The van der Waals surface area contributed by atoms with Gasteiger partial charge in [-0.3, -0.25) is 4.79 Å². The third-order valence-electron chi connectivity index (χ3n) is 3.72. The number of rotatable bonds is 10. The van der Waals surface area contributed by atoms with Crippen LogP contribution in [0, 0.1) is 12.8 Å². The molecule has 6 heteroatoms. The number of nitrogens with zero attached hydrogens (tertiary/aromatic N) is 1. The van der Waals surface area contributed by atoms with Gasteiger partial charge in [-0.1, -0.05) is 13.8 Å². The first-order valence-electron chi connectivity index (χ1n) is 8.37. The van der Waals surface area contributed by atoms with Crippen molar-refractivity contribution >= 4 is 11.6 Å². The number of hydrogen-bond donors (Lipinski definition) is 1. The van der Waals surface area contributed by atoms with E-state index in [2.05, 4.69) is 24.1 Å². The smallest absolute Gasteiger partial charge is 0.256 e. The van der Waals surface area contributed by atoms with Crippen LogP contribution in [0.3, 0.4) is 0 Å². The van der Waals surface area contributed by atoms with Crippen LogP contribution < -0.4 is 10.1 Å². The van der Waals surface area contributed by atoms with E-state index in [-0.39, 0.29) is 5.91 Å². The molecular formula is C18H30N2O4. The fraction of sp³-hybridized carbons (Fsp3) is 0.667. The molecule has 0 unspecified atom stereocenters. The normalized spacial score (nSPS) is 13.6. The van der Waals surface area contributed by atoms with Crippen LogP contribution in [-0.2, 0) is 14.3 Å². The molecule has 6 nitrogen and oxygen atoms in total.